The van der Waals surface area contributed by atoms with E-state index in [1.165, 1.54) is 0 Å². The molecule has 0 amide bonds. The van der Waals surface area contributed by atoms with Gasteiger partial charge < -0.3 is 0 Å². The Bertz CT molecular complexity index is 497. The fourth-order valence-corrected chi connectivity index (χ4v) is 1.80. The lowest BCUT2D eigenvalue weighted by molar-refractivity contribution is 0.592. The molecule has 0 saturated carbocycles. The number of rotatable bonds is 1. The Morgan fingerprint density at radius 2 is 1.94 bits per heavy atom. The summed E-state index contributed by atoms with van der Waals surface area (Å²) in [5.41, 5.74) is 3.17. The molecule has 2 aromatic heterocycles. The fraction of sp³-hybridized carbons (Fsp3) is 0.333. The van der Waals surface area contributed by atoms with Crippen molar-refractivity contribution in [2.24, 2.45) is 0 Å². The van der Waals surface area contributed by atoms with Crippen LogP contribution in [0.2, 0.25) is 5.02 Å². The van der Waals surface area contributed by atoms with Crippen LogP contribution in [0.25, 0.3) is 11.3 Å². The lowest BCUT2D eigenvalue weighted by Crippen LogP contribution is -2.11. The van der Waals surface area contributed by atoms with Crippen LogP contribution in [0.5, 0.6) is 0 Å². The maximum atomic E-state index is 5.93. The van der Waals surface area contributed by atoms with Crippen LogP contribution in [-0.2, 0) is 5.41 Å². The molecule has 0 saturated heterocycles. The van der Waals surface area contributed by atoms with Crippen LogP contribution in [0, 0.1) is 0 Å². The monoisotopic (exact) mass is 235 g/mol. The van der Waals surface area contributed by atoms with Crippen molar-refractivity contribution < 1.29 is 0 Å². The summed E-state index contributed by atoms with van der Waals surface area (Å²) in [6, 6.07) is 1.89. The summed E-state index contributed by atoms with van der Waals surface area (Å²) < 4.78 is 0. The van der Waals surface area contributed by atoms with Gasteiger partial charge in [0, 0.05) is 23.5 Å². The predicted octanol–water partition coefficient (Wildman–Crippen LogP) is 3.42. The number of aromatic amines is 1. The summed E-state index contributed by atoms with van der Waals surface area (Å²) in [6.45, 7) is 6.46. The topological polar surface area (TPSA) is 41.6 Å². The van der Waals surface area contributed by atoms with E-state index in [0.717, 1.165) is 16.8 Å². The summed E-state index contributed by atoms with van der Waals surface area (Å²) in [5, 5.41) is 7.74. The van der Waals surface area contributed by atoms with Gasteiger partial charge in [-0.3, -0.25) is 10.1 Å². The summed E-state index contributed by atoms with van der Waals surface area (Å²) >= 11 is 5.93. The molecule has 0 atom stereocenters. The molecule has 4 heteroatoms. The molecule has 3 nitrogen and oxygen atoms in total. The first-order chi connectivity index (χ1) is 7.48. The average Bonchev–Trinajstić information content (AvgIpc) is 2.65. The molecule has 0 spiro atoms. The van der Waals surface area contributed by atoms with E-state index < -0.39 is 0 Å². The number of nitrogens with zero attached hydrogens (tertiary/aromatic N) is 2. The minimum absolute atomic E-state index is 0.0463. The van der Waals surface area contributed by atoms with Gasteiger partial charge in [-0.1, -0.05) is 32.4 Å². The SMILES string of the molecule is CC(C)(C)c1cn[nH]c1-c1cncc(Cl)c1. The second kappa shape index (κ2) is 3.91. The molecule has 0 aliphatic rings. The van der Waals surface area contributed by atoms with Crippen LogP contribution >= 0.6 is 11.6 Å². The molecule has 0 aromatic carbocycles. The van der Waals surface area contributed by atoms with Gasteiger partial charge in [-0.15, -0.1) is 0 Å². The van der Waals surface area contributed by atoms with Crippen molar-refractivity contribution in [1.29, 1.82) is 0 Å². The van der Waals surface area contributed by atoms with Gasteiger partial charge >= 0.3 is 0 Å². The number of halogens is 1. The minimum atomic E-state index is 0.0463. The summed E-state index contributed by atoms with van der Waals surface area (Å²) in [4.78, 5) is 4.08. The van der Waals surface area contributed by atoms with Crippen molar-refractivity contribution in [2.45, 2.75) is 26.2 Å². The van der Waals surface area contributed by atoms with Crippen LogP contribution in [0.1, 0.15) is 26.3 Å². The van der Waals surface area contributed by atoms with E-state index in [1.807, 2.05) is 12.3 Å². The maximum Gasteiger partial charge on any atom is 0.0703 e. The summed E-state index contributed by atoms with van der Waals surface area (Å²) in [5.74, 6) is 0. The predicted molar refractivity (Wildman–Crippen MR) is 65.5 cm³/mol. The lowest BCUT2D eigenvalue weighted by Gasteiger charge is -2.18. The van der Waals surface area contributed by atoms with Gasteiger partial charge in [0.25, 0.3) is 0 Å². The number of aromatic nitrogens is 3. The van der Waals surface area contributed by atoms with Gasteiger partial charge in [-0.25, -0.2) is 0 Å². The van der Waals surface area contributed by atoms with E-state index in [4.69, 9.17) is 11.6 Å². The molecule has 2 aromatic rings. The maximum absolute atomic E-state index is 5.93. The highest BCUT2D eigenvalue weighted by atomic mass is 35.5. The van der Waals surface area contributed by atoms with Gasteiger partial charge in [0.15, 0.2) is 0 Å². The zero-order chi connectivity index (χ0) is 11.8. The molecular formula is C12H14ClN3. The first kappa shape index (κ1) is 11.1. The van der Waals surface area contributed by atoms with Crippen LogP contribution < -0.4 is 0 Å². The summed E-state index contributed by atoms with van der Waals surface area (Å²) in [6.07, 6.45) is 5.27. The first-order valence-electron chi connectivity index (χ1n) is 5.13. The highest BCUT2D eigenvalue weighted by molar-refractivity contribution is 6.30. The summed E-state index contributed by atoms with van der Waals surface area (Å²) in [7, 11) is 0. The lowest BCUT2D eigenvalue weighted by atomic mass is 9.86. The Labute approximate surface area is 99.9 Å². The molecule has 0 bridgehead atoms. The molecule has 16 heavy (non-hydrogen) atoms. The number of H-pyrrole nitrogens is 1. The van der Waals surface area contributed by atoms with Gasteiger partial charge in [-0.2, -0.15) is 5.10 Å². The van der Waals surface area contributed by atoms with Crippen molar-refractivity contribution in [3.63, 3.8) is 0 Å². The number of hydrogen-bond donors (Lipinski definition) is 1. The molecule has 84 valence electrons. The first-order valence-corrected chi connectivity index (χ1v) is 5.51. The van der Waals surface area contributed by atoms with Crippen LogP contribution in [-0.4, -0.2) is 15.2 Å². The molecule has 0 radical (unpaired) electrons. The highest BCUT2D eigenvalue weighted by Gasteiger charge is 2.20. The molecule has 0 aliphatic carbocycles. The fourth-order valence-electron chi connectivity index (χ4n) is 1.62. The van der Waals surface area contributed by atoms with E-state index in [1.54, 1.807) is 12.4 Å². The number of nitrogens with one attached hydrogen (secondary N) is 1. The van der Waals surface area contributed by atoms with Crippen molar-refractivity contribution in [2.75, 3.05) is 0 Å². The molecular weight excluding hydrogens is 222 g/mol. The quantitative estimate of drug-likeness (QED) is 0.823. The Morgan fingerprint density at radius 3 is 2.56 bits per heavy atom. The second-order valence-corrected chi connectivity index (χ2v) is 5.24. The van der Waals surface area contributed by atoms with Crippen molar-refractivity contribution in [3.8, 4) is 11.3 Å². The van der Waals surface area contributed by atoms with E-state index in [-0.39, 0.29) is 5.41 Å². The molecule has 0 unspecified atom stereocenters. The molecule has 0 aliphatic heterocycles. The van der Waals surface area contributed by atoms with Crippen LogP contribution in [0.4, 0.5) is 0 Å². The average molecular weight is 236 g/mol. The normalized spacial score (nSPS) is 11.8. The molecule has 2 heterocycles. The zero-order valence-corrected chi connectivity index (χ0v) is 10.3. The second-order valence-electron chi connectivity index (χ2n) is 4.80. The van der Waals surface area contributed by atoms with Gasteiger partial charge in [0.1, 0.15) is 0 Å². The van der Waals surface area contributed by atoms with Crippen molar-refractivity contribution in [3.05, 3.63) is 35.2 Å². The third-order valence-electron chi connectivity index (χ3n) is 2.44. The highest BCUT2D eigenvalue weighted by Crippen LogP contribution is 2.31. The molecule has 1 N–H and O–H groups in total. The van der Waals surface area contributed by atoms with Crippen LogP contribution in [0.15, 0.2) is 24.7 Å². The van der Waals surface area contributed by atoms with E-state index in [9.17, 15) is 0 Å². The van der Waals surface area contributed by atoms with E-state index in [2.05, 4.69) is 36.0 Å². The van der Waals surface area contributed by atoms with Gasteiger partial charge in [0.05, 0.1) is 16.9 Å². The van der Waals surface area contributed by atoms with Gasteiger partial charge in [0.2, 0.25) is 0 Å². The van der Waals surface area contributed by atoms with E-state index >= 15 is 0 Å². The van der Waals surface area contributed by atoms with Crippen molar-refractivity contribution in [1.82, 2.24) is 15.2 Å². The van der Waals surface area contributed by atoms with Gasteiger partial charge in [-0.05, 0) is 11.5 Å². The molecule has 2 rings (SSSR count). The minimum Gasteiger partial charge on any atom is -0.277 e. The molecule has 0 fully saturated rings. The third kappa shape index (κ3) is 2.09. The Balaban J connectivity index is 2.53. The Morgan fingerprint density at radius 1 is 1.19 bits per heavy atom. The number of pyridine rings is 1. The standard InChI is InChI=1S/C12H14ClN3/c1-12(2,3)10-7-15-16-11(10)8-4-9(13)6-14-5-8/h4-7H,1-3H3,(H,15,16). The zero-order valence-electron chi connectivity index (χ0n) is 9.58. The Kier molecular flexibility index (Phi) is 2.72. The van der Waals surface area contributed by atoms with E-state index in [0.29, 0.717) is 5.02 Å². The largest absolute Gasteiger partial charge is 0.277 e. The number of hydrogen-bond acceptors (Lipinski definition) is 2. The Hall–Kier alpha value is -1.35. The van der Waals surface area contributed by atoms with Crippen LogP contribution in [0.3, 0.4) is 0 Å². The third-order valence-corrected chi connectivity index (χ3v) is 2.65. The van der Waals surface area contributed by atoms with Crippen molar-refractivity contribution >= 4 is 11.6 Å². The smallest absolute Gasteiger partial charge is 0.0703 e.